The zero-order valence-electron chi connectivity index (χ0n) is 16.6. The molecule has 0 aliphatic carbocycles. The number of benzene rings is 2. The van der Waals surface area contributed by atoms with Crippen LogP contribution in [0.5, 0.6) is 5.75 Å². The molecule has 0 unspecified atom stereocenters. The zero-order chi connectivity index (χ0) is 21.1. The minimum Gasteiger partial charge on any atom is -0.494 e. The molecule has 0 aliphatic heterocycles. The lowest BCUT2D eigenvalue weighted by Crippen LogP contribution is -2.29. The summed E-state index contributed by atoms with van der Waals surface area (Å²) in [4.78, 5) is 29.1. The molecule has 0 saturated heterocycles. The summed E-state index contributed by atoms with van der Waals surface area (Å²) in [5.74, 6) is 0.431. The summed E-state index contributed by atoms with van der Waals surface area (Å²) in [5.41, 5.74) is 2.56. The highest BCUT2D eigenvalue weighted by Crippen LogP contribution is 2.24. The Bertz CT molecular complexity index is 1260. The van der Waals surface area contributed by atoms with Gasteiger partial charge in [-0.25, -0.2) is 9.67 Å². The minimum absolute atomic E-state index is 0.183. The summed E-state index contributed by atoms with van der Waals surface area (Å²) < 4.78 is 7.67. The average Bonchev–Trinajstić information content (AvgIpc) is 3.10. The van der Waals surface area contributed by atoms with Crippen LogP contribution in [0.4, 0.5) is 5.69 Å². The maximum atomic E-state index is 12.5. The molecule has 0 radical (unpaired) electrons. The molecule has 8 heteroatoms. The van der Waals surface area contributed by atoms with Crippen LogP contribution in [0.25, 0.3) is 21.5 Å². The summed E-state index contributed by atoms with van der Waals surface area (Å²) in [6.45, 7) is 4.27. The van der Waals surface area contributed by atoms with E-state index in [1.165, 1.54) is 6.07 Å². The molecule has 0 fully saturated rings. The summed E-state index contributed by atoms with van der Waals surface area (Å²) in [5, 5.41) is 8.12. The Kier molecular flexibility index (Phi) is 5.58. The van der Waals surface area contributed by atoms with E-state index in [9.17, 15) is 9.59 Å². The van der Waals surface area contributed by atoms with Crippen LogP contribution in [0.1, 0.15) is 11.9 Å². The van der Waals surface area contributed by atoms with Crippen LogP contribution >= 0.6 is 11.3 Å². The Morgan fingerprint density at radius 1 is 1.13 bits per heavy atom. The number of carbonyl (C=O) groups excluding carboxylic acids is 1. The quantitative estimate of drug-likeness (QED) is 0.512. The van der Waals surface area contributed by atoms with E-state index in [0.29, 0.717) is 18.0 Å². The van der Waals surface area contributed by atoms with Gasteiger partial charge in [-0.3, -0.25) is 9.59 Å². The van der Waals surface area contributed by atoms with Gasteiger partial charge in [0.1, 0.15) is 12.3 Å². The third-order valence-corrected chi connectivity index (χ3v) is 5.35. The van der Waals surface area contributed by atoms with Crippen molar-refractivity contribution in [3.63, 3.8) is 0 Å². The van der Waals surface area contributed by atoms with Gasteiger partial charge in [0.2, 0.25) is 5.91 Å². The van der Waals surface area contributed by atoms with E-state index in [4.69, 9.17) is 4.74 Å². The molecule has 30 heavy (non-hydrogen) atoms. The van der Waals surface area contributed by atoms with Crippen molar-refractivity contribution in [1.82, 2.24) is 14.8 Å². The molecule has 7 nitrogen and oxygen atoms in total. The smallest absolute Gasteiger partial charge is 0.267 e. The number of carbonyl (C=O) groups is 1. The lowest BCUT2D eigenvalue weighted by Gasteiger charge is -2.09. The van der Waals surface area contributed by atoms with Gasteiger partial charge < -0.3 is 10.1 Å². The molecule has 4 rings (SSSR count). The number of amides is 1. The second kappa shape index (κ2) is 8.46. The van der Waals surface area contributed by atoms with Gasteiger partial charge in [-0.15, -0.1) is 11.3 Å². The van der Waals surface area contributed by atoms with Crippen molar-refractivity contribution in [2.24, 2.45) is 0 Å². The number of anilines is 1. The van der Waals surface area contributed by atoms with Crippen LogP contribution in [-0.2, 0) is 11.3 Å². The average molecular weight is 420 g/mol. The van der Waals surface area contributed by atoms with Gasteiger partial charge in [-0.1, -0.05) is 0 Å². The number of hydrogen-bond donors (Lipinski definition) is 1. The molecular weight excluding hydrogens is 400 g/mol. The van der Waals surface area contributed by atoms with Crippen molar-refractivity contribution in [2.75, 3.05) is 11.9 Å². The van der Waals surface area contributed by atoms with Crippen molar-refractivity contribution in [2.45, 2.75) is 20.4 Å². The lowest BCUT2D eigenvalue weighted by atomic mass is 10.1. The summed E-state index contributed by atoms with van der Waals surface area (Å²) in [7, 11) is 0. The zero-order valence-corrected chi connectivity index (χ0v) is 17.4. The van der Waals surface area contributed by atoms with Crippen molar-refractivity contribution >= 4 is 33.1 Å². The van der Waals surface area contributed by atoms with Gasteiger partial charge in [0.15, 0.2) is 0 Å². The van der Waals surface area contributed by atoms with Gasteiger partial charge >= 0.3 is 0 Å². The molecule has 0 bridgehead atoms. The number of rotatable bonds is 6. The van der Waals surface area contributed by atoms with Crippen LogP contribution in [-0.4, -0.2) is 27.3 Å². The third-order valence-electron chi connectivity index (χ3n) is 4.40. The Balaban J connectivity index is 1.50. The van der Waals surface area contributed by atoms with Crippen molar-refractivity contribution in [3.8, 4) is 17.0 Å². The number of aryl methyl sites for hydroxylation is 1. The second-order valence-corrected chi connectivity index (χ2v) is 7.87. The number of aromatic nitrogens is 3. The number of fused-ring (bicyclic) bond motifs is 1. The maximum absolute atomic E-state index is 12.5. The van der Waals surface area contributed by atoms with Crippen LogP contribution in [0.15, 0.2) is 59.4 Å². The van der Waals surface area contributed by atoms with Gasteiger partial charge in [0.05, 0.1) is 27.5 Å². The maximum Gasteiger partial charge on any atom is 0.267 e. The van der Waals surface area contributed by atoms with Gasteiger partial charge in [0, 0.05) is 17.3 Å². The van der Waals surface area contributed by atoms with Crippen molar-refractivity contribution < 1.29 is 9.53 Å². The summed E-state index contributed by atoms with van der Waals surface area (Å²) in [6.07, 6.45) is 0. The minimum atomic E-state index is -0.342. The largest absolute Gasteiger partial charge is 0.494 e. The van der Waals surface area contributed by atoms with Crippen LogP contribution < -0.4 is 15.6 Å². The van der Waals surface area contributed by atoms with Gasteiger partial charge in [-0.2, -0.15) is 5.10 Å². The number of thiazole rings is 1. The first-order valence-electron chi connectivity index (χ1n) is 9.50. The molecule has 0 atom stereocenters. The third kappa shape index (κ3) is 4.38. The predicted molar refractivity (Wildman–Crippen MR) is 118 cm³/mol. The molecular formula is C22H20N4O3S. The molecule has 2 heterocycles. The number of nitrogens with zero attached hydrogens (tertiary/aromatic N) is 3. The van der Waals surface area contributed by atoms with Gasteiger partial charge in [-0.05, 0) is 62.4 Å². The van der Waals surface area contributed by atoms with Crippen LogP contribution in [0.3, 0.4) is 0 Å². The van der Waals surface area contributed by atoms with Crippen molar-refractivity contribution in [1.29, 1.82) is 0 Å². The molecule has 1 amide bonds. The highest BCUT2D eigenvalue weighted by Gasteiger charge is 2.10. The number of ether oxygens (including phenoxy) is 1. The Labute approximate surface area is 177 Å². The monoisotopic (exact) mass is 420 g/mol. The van der Waals surface area contributed by atoms with E-state index < -0.39 is 0 Å². The first-order valence-corrected chi connectivity index (χ1v) is 10.3. The topological polar surface area (TPSA) is 86.1 Å². The fraction of sp³-hybridized carbons (Fsp3) is 0.182. The van der Waals surface area contributed by atoms with Crippen LogP contribution in [0.2, 0.25) is 0 Å². The molecule has 2 aromatic heterocycles. The second-order valence-electron chi connectivity index (χ2n) is 6.64. The molecule has 0 aliphatic rings. The van der Waals surface area contributed by atoms with Crippen molar-refractivity contribution in [3.05, 3.63) is 70.0 Å². The van der Waals surface area contributed by atoms with E-state index in [0.717, 1.165) is 31.2 Å². The van der Waals surface area contributed by atoms with E-state index in [1.54, 1.807) is 17.4 Å². The molecule has 0 saturated carbocycles. The molecule has 152 valence electrons. The Morgan fingerprint density at radius 3 is 2.70 bits per heavy atom. The highest BCUT2D eigenvalue weighted by atomic mass is 32.1. The first kappa shape index (κ1) is 19.8. The highest BCUT2D eigenvalue weighted by molar-refractivity contribution is 7.18. The SMILES string of the molecule is CCOc1ccc(-c2ccc(=O)n(CC(=O)Nc3ccc4sc(C)nc4c3)n2)cc1. The predicted octanol–water partition coefficient (Wildman–Crippen LogP) is 3.87. The molecule has 0 spiro atoms. The lowest BCUT2D eigenvalue weighted by molar-refractivity contribution is -0.117. The number of nitrogens with one attached hydrogen (secondary N) is 1. The first-order chi connectivity index (χ1) is 14.5. The molecule has 1 N–H and O–H groups in total. The van der Waals surface area contributed by atoms with E-state index >= 15 is 0 Å². The fourth-order valence-corrected chi connectivity index (χ4v) is 3.87. The number of hydrogen-bond acceptors (Lipinski definition) is 6. The van der Waals surface area contributed by atoms with Crippen LogP contribution in [0, 0.1) is 6.92 Å². The Morgan fingerprint density at radius 2 is 1.93 bits per heavy atom. The van der Waals surface area contributed by atoms with Gasteiger partial charge in [0.25, 0.3) is 5.56 Å². The Hall–Kier alpha value is -3.52. The standard InChI is InChI=1S/C22H20N4O3S/c1-3-29-17-7-4-15(5-8-17)18-9-11-22(28)26(25-18)13-21(27)24-16-6-10-20-19(12-16)23-14(2)30-20/h4-12H,3,13H2,1-2H3,(H,24,27). The molecule has 2 aromatic carbocycles. The normalized spacial score (nSPS) is 10.9. The summed E-state index contributed by atoms with van der Waals surface area (Å²) >= 11 is 1.60. The summed E-state index contributed by atoms with van der Waals surface area (Å²) in [6, 6.07) is 16.1. The van der Waals surface area contributed by atoms with E-state index in [-0.39, 0.29) is 18.0 Å². The molecule has 4 aromatic rings. The fourth-order valence-electron chi connectivity index (χ4n) is 3.06. The van der Waals surface area contributed by atoms with E-state index in [1.807, 2.05) is 56.3 Å². The van der Waals surface area contributed by atoms with E-state index in [2.05, 4.69) is 15.4 Å².